The van der Waals surface area contributed by atoms with Gasteiger partial charge in [-0.15, -0.1) is 0 Å². The van der Waals surface area contributed by atoms with E-state index in [1.165, 1.54) is 5.56 Å². The number of nitrogen functional groups attached to an aromatic ring is 1. The van der Waals surface area contributed by atoms with E-state index in [2.05, 4.69) is 32.4 Å². The van der Waals surface area contributed by atoms with Gasteiger partial charge < -0.3 is 16.2 Å². The Hall–Kier alpha value is -2.70. The fourth-order valence-electron chi connectivity index (χ4n) is 2.62. The average molecular weight is 370 g/mol. The van der Waals surface area contributed by atoms with Crippen LogP contribution in [0.3, 0.4) is 0 Å². The number of aromatic nitrogens is 3. The lowest BCUT2D eigenvalue weighted by Crippen LogP contribution is -2.10. The van der Waals surface area contributed by atoms with Crippen LogP contribution in [0.5, 0.6) is 0 Å². The molecule has 0 amide bonds. The van der Waals surface area contributed by atoms with Gasteiger partial charge in [-0.25, -0.2) is 0 Å². The molecule has 4 N–H and O–H groups in total. The second-order valence-electron chi connectivity index (χ2n) is 5.82. The minimum Gasteiger partial charge on any atom is -0.392 e. The maximum absolute atomic E-state index is 9.53. The van der Waals surface area contributed by atoms with Gasteiger partial charge in [0.1, 0.15) is 0 Å². The van der Waals surface area contributed by atoms with Gasteiger partial charge in [-0.1, -0.05) is 48.0 Å². The third-order valence-electron chi connectivity index (χ3n) is 3.90. The van der Waals surface area contributed by atoms with E-state index in [1.54, 1.807) is 18.2 Å². The lowest BCUT2D eigenvalue weighted by atomic mass is 10.1. The van der Waals surface area contributed by atoms with Crippen LogP contribution in [-0.2, 0) is 13.0 Å². The van der Waals surface area contributed by atoms with Gasteiger partial charge >= 0.3 is 0 Å². The zero-order valence-corrected chi connectivity index (χ0v) is 14.9. The molecule has 0 aliphatic heterocycles. The smallest absolute Gasteiger partial charge is 0.228 e. The molecule has 1 aromatic heterocycles. The quantitative estimate of drug-likeness (QED) is 0.553. The number of rotatable bonds is 7. The van der Waals surface area contributed by atoms with Crippen molar-refractivity contribution >= 4 is 23.5 Å². The van der Waals surface area contributed by atoms with Gasteiger partial charge in [-0.2, -0.15) is 15.0 Å². The number of halogens is 1. The topological polar surface area (TPSA) is 97.0 Å². The minimum atomic E-state index is -0.141. The molecule has 26 heavy (non-hydrogen) atoms. The summed E-state index contributed by atoms with van der Waals surface area (Å²) in [5, 5.41) is 13.2. The highest BCUT2D eigenvalue weighted by Crippen LogP contribution is 2.25. The Labute approximate surface area is 157 Å². The largest absolute Gasteiger partial charge is 0.392 e. The van der Waals surface area contributed by atoms with E-state index in [9.17, 15) is 5.11 Å². The fraction of sp³-hybridized carbons (Fsp3) is 0.211. The summed E-state index contributed by atoms with van der Waals surface area (Å²) >= 11 is 6.06. The standard InChI is InChI=1S/C19H20ClN5O/c20-15-9-8-14(12-26)16(11-15)17-23-18(21)25-19(24-17)22-10-4-7-13-5-2-1-3-6-13/h1-3,5-6,8-9,11,26H,4,7,10,12H2,(H3,21,22,23,24,25). The summed E-state index contributed by atoms with van der Waals surface area (Å²) in [7, 11) is 0. The molecule has 7 heteroatoms. The molecule has 3 rings (SSSR count). The summed E-state index contributed by atoms with van der Waals surface area (Å²) in [4.78, 5) is 12.7. The molecule has 0 bridgehead atoms. The molecule has 3 aromatic rings. The van der Waals surface area contributed by atoms with Crippen LogP contribution in [0.25, 0.3) is 11.4 Å². The normalized spacial score (nSPS) is 10.7. The van der Waals surface area contributed by atoms with Crippen LogP contribution in [0.1, 0.15) is 17.5 Å². The Balaban J connectivity index is 1.71. The van der Waals surface area contributed by atoms with Crippen molar-refractivity contribution < 1.29 is 5.11 Å². The van der Waals surface area contributed by atoms with Crippen molar-refractivity contribution in [2.24, 2.45) is 0 Å². The van der Waals surface area contributed by atoms with Gasteiger partial charge in [0, 0.05) is 17.1 Å². The third-order valence-corrected chi connectivity index (χ3v) is 4.14. The molecule has 1 heterocycles. The van der Waals surface area contributed by atoms with Crippen LogP contribution in [0.4, 0.5) is 11.9 Å². The van der Waals surface area contributed by atoms with E-state index < -0.39 is 0 Å². The van der Waals surface area contributed by atoms with Crippen molar-refractivity contribution in [2.45, 2.75) is 19.4 Å². The molecule has 134 valence electrons. The predicted molar refractivity (Wildman–Crippen MR) is 104 cm³/mol. The number of nitrogens with two attached hydrogens (primary N) is 1. The molecule has 0 aliphatic rings. The molecule has 0 aliphatic carbocycles. The van der Waals surface area contributed by atoms with E-state index in [0.29, 0.717) is 34.5 Å². The number of aliphatic hydroxyl groups excluding tert-OH is 1. The SMILES string of the molecule is Nc1nc(NCCCc2ccccc2)nc(-c2cc(Cl)ccc2CO)n1. The molecule has 2 aromatic carbocycles. The molecule has 0 unspecified atom stereocenters. The third kappa shape index (κ3) is 4.68. The Morgan fingerprint density at radius 3 is 2.62 bits per heavy atom. The van der Waals surface area contributed by atoms with Crippen molar-refractivity contribution in [2.75, 3.05) is 17.6 Å². The first kappa shape index (κ1) is 18.1. The van der Waals surface area contributed by atoms with E-state index in [0.717, 1.165) is 12.8 Å². The van der Waals surface area contributed by atoms with Crippen LogP contribution < -0.4 is 11.1 Å². The minimum absolute atomic E-state index is 0.115. The van der Waals surface area contributed by atoms with Gasteiger partial charge in [-0.3, -0.25) is 0 Å². The molecule has 0 atom stereocenters. The first-order valence-electron chi connectivity index (χ1n) is 8.34. The highest BCUT2D eigenvalue weighted by atomic mass is 35.5. The maximum atomic E-state index is 9.53. The molecular formula is C19H20ClN5O. The van der Waals surface area contributed by atoms with Gasteiger partial charge in [0.15, 0.2) is 5.82 Å². The van der Waals surface area contributed by atoms with Gasteiger partial charge in [0.2, 0.25) is 11.9 Å². The Bertz CT molecular complexity index is 873. The van der Waals surface area contributed by atoms with E-state index in [-0.39, 0.29) is 12.6 Å². The summed E-state index contributed by atoms with van der Waals surface area (Å²) in [6, 6.07) is 15.4. The van der Waals surface area contributed by atoms with Crippen LogP contribution in [0.2, 0.25) is 5.02 Å². The lowest BCUT2D eigenvalue weighted by Gasteiger charge is -2.10. The molecule has 0 saturated carbocycles. The number of benzene rings is 2. The van der Waals surface area contributed by atoms with Crippen molar-refractivity contribution in [3.63, 3.8) is 0 Å². The van der Waals surface area contributed by atoms with Gasteiger partial charge in [0.05, 0.1) is 6.61 Å². The van der Waals surface area contributed by atoms with Crippen molar-refractivity contribution in [1.29, 1.82) is 0 Å². The molecular weight excluding hydrogens is 350 g/mol. The summed E-state index contributed by atoms with van der Waals surface area (Å²) in [6.07, 6.45) is 1.90. The number of hydrogen-bond donors (Lipinski definition) is 3. The molecule has 0 radical (unpaired) electrons. The van der Waals surface area contributed by atoms with Gasteiger partial charge in [-0.05, 0) is 36.1 Å². The van der Waals surface area contributed by atoms with Crippen LogP contribution in [0.15, 0.2) is 48.5 Å². The molecule has 6 nitrogen and oxygen atoms in total. The summed E-state index contributed by atoms with van der Waals surface area (Å²) < 4.78 is 0. The second-order valence-corrected chi connectivity index (χ2v) is 6.25. The number of hydrogen-bond acceptors (Lipinski definition) is 6. The number of anilines is 2. The Morgan fingerprint density at radius 2 is 1.85 bits per heavy atom. The zero-order valence-electron chi connectivity index (χ0n) is 14.2. The lowest BCUT2D eigenvalue weighted by molar-refractivity contribution is 0.282. The highest BCUT2D eigenvalue weighted by Gasteiger charge is 2.11. The van der Waals surface area contributed by atoms with Crippen LogP contribution in [0, 0.1) is 0 Å². The zero-order chi connectivity index (χ0) is 18.4. The number of nitrogens with zero attached hydrogens (tertiary/aromatic N) is 3. The van der Waals surface area contributed by atoms with E-state index in [4.69, 9.17) is 17.3 Å². The first-order chi connectivity index (χ1) is 12.7. The predicted octanol–water partition coefficient (Wildman–Crippen LogP) is 3.31. The number of aryl methyl sites for hydroxylation is 1. The Kier molecular flexibility index (Phi) is 5.99. The summed E-state index contributed by atoms with van der Waals surface area (Å²) in [5.74, 6) is 0.906. The maximum Gasteiger partial charge on any atom is 0.228 e. The summed E-state index contributed by atoms with van der Waals surface area (Å²) in [6.45, 7) is 0.568. The van der Waals surface area contributed by atoms with Crippen molar-refractivity contribution in [3.8, 4) is 11.4 Å². The van der Waals surface area contributed by atoms with Gasteiger partial charge in [0.25, 0.3) is 0 Å². The number of nitrogens with one attached hydrogen (secondary N) is 1. The molecule has 0 fully saturated rings. The average Bonchev–Trinajstić information content (AvgIpc) is 2.65. The van der Waals surface area contributed by atoms with Crippen molar-refractivity contribution in [3.05, 3.63) is 64.7 Å². The van der Waals surface area contributed by atoms with Crippen molar-refractivity contribution in [1.82, 2.24) is 15.0 Å². The van der Waals surface area contributed by atoms with Crippen LogP contribution in [-0.4, -0.2) is 26.6 Å². The monoisotopic (exact) mass is 369 g/mol. The fourth-order valence-corrected chi connectivity index (χ4v) is 2.80. The highest BCUT2D eigenvalue weighted by molar-refractivity contribution is 6.30. The van der Waals surface area contributed by atoms with E-state index in [1.807, 2.05) is 18.2 Å². The number of aliphatic hydroxyl groups is 1. The van der Waals surface area contributed by atoms with Crippen LogP contribution >= 0.6 is 11.6 Å². The molecule has 0 saturated heterocycles. The Morgan fingerprint density at radius 1 is 1.04 bits per heavy atom. The second kappa shape index (κ2) is 8.60. The first-order valence-corrected chi connectivity index (χ1v) is 8.72. The summed E-state index contributed by atoms with van der Waals surface area (Å²) in [5.41, 5.74) is 8.43. The van der Waals surface area contributed by atoms with E-state index >= 15 is 0 Å². The molecule has 0 spiro atoms.